The highest BCUT2D eigenvalue weighted by atomic mass is 35.5. The topological polar surface area (TPSA) is 98.7 Å². The Labute approximate surface area is 158 Å². The van der Waals surface area contributed by atoms with E-state index < -0.39 is 5.91 Å². The van der Waals surface area contributed by atoms with Crippen molar-refractivity contribution in [3.8, 4) is 17.2 Å². The van der Waals surface area contributed by atoms with Crippen LogP contribution in [0.25, 0.3) is 17.2 Å². The maximum absolute atomic E-state index is 12.2. The van der Waals surface area contributed by atoms with Gasteiger partial charge in [-0.2, -0.15) is 4.98 Å². The average molecular weight is 381 g/mol. The molecule has 2 heterocycles. The zero-order valence-corrected chi connectivity index (χ0v) is 14.9. The van der Waals surface area contributed by atoms with Crippen molar-refractivity contribution in [1.29, 1.82) is 0 Å². The van der Waals surface area contributed by atoms with Gasteiger partial charge in [0.2, 0.25) is 5.82 Å². The molecular weight excluding hydrogens is 368 g/mol. The summed E-state index contributed by atoms with van der Waals surface area (Å²) >= 11 is 5.90. The number of aryl methyl sites for hydroxylation is 1. The summed E-state index contributed by atoms with van der Waals surface area (Å²) in [5.41, 5.74) is 2.91. The number of nitrogens with zero attached hydrogens (tertiary/aromatic N) is 5. The molecule has 1 N–H and O–H groups in total. The predicted molar refractivity (Wildman–Crippen MR) is 98.8 cm³/mol. The van der Waals surface area contributed by atoms with Crippen molar-refractivity contribution >= 4 is 23.2 Å². The Morgan fingerprint density at radius 3 is 2.78 bits per heavy atom. The minimum absolute atomic E-state index is 0.171. The fourth-order valence-corrected chi connectivity index (χ4v) is 2.55. The second kappa shape index (κ2) is 7.00. The summed E-state index contributed by atoms with van der Waals surface area (Å²) in [6, 6.07) is 14.5. The minimum Gasteiger partial charge on any atom is -0.328 e. The number of nitrogens with one attached hydrogen (secondary N) is 1. The molecule has 27 heavy (non-hydrogen) atoms. The van der Waals surface area contributed by atoms with Crippen LogP contribution in [0.15, 0.2) is 59.3 Å². The van der Waals surface area contributed by atoms with Gasteiger partial charge in [0.15, 0.2) is 5.69 Å². The second-order valence-corrected chi connectivity index (χ2v) is 6.21. The number of halogens is 1. The van der Waals surface area contributed by atoms with E-state index in [2.05, 4.69) is 25.8 Å². The standard InChI is InChI=1S/C18H13ClN6O2/c1-11-5-7-14(8-6-11)25-10-15(22-24-25)16-21-18(27-23-16)17(26)20-13-4-2-3-12(19)9-13/h2-10H,1H3,(H,20,26). The molecular formula is C18H13ClN6O2. The smallest absolute Gasteiger partial charge is 0.316 e. The number of amides is 1. The number of benzene rings is 2. The number of hydrogen-bond donors (Lipinski definition) is 1. The lowest BCUT2D eigenvalue weighted by Gasteiger charge is -2.01. The number of rotatable bonds is 4. The monoisotopic (exact) mass is 380 g/mol. The van der Waals surface area contributed by atoms with Gasteiger partial charge in [0, 0.05) is 10.7 Å². The highest BCUT2D eigenvalue weighted by Crippen LogP contribution is 2.18. The number of carbonyl (C=O) groups is 1. The molecule has 0 saturated heterocycles. The SMILES string of the molecule is Cc1ccc(-n2cc(-c3noc(C(=O)Nc4cccc(Cl)c4)n3)nn2)cc1. The molecule has 4 aromatic rings. The van der Waals surface area contributed by atoms with Crippen molar-refractivity contribution in [2.24, 2.45) is 0 Å². The quantitative estimate of drug-likeness (QED) is 0.581. The second-order valence-electron chi connectivity index (χ2n) is 5.77. The number of carbonyl (C=O) groups excluding carboxylic acids is 1. The normalized spacial score (nSPS) is 10.7. The molecule has 9 heteroatoms. The van der Waals surface area contributed by atoms with Crippen molar-refractivity contribution < 1.29 is 9.32 Å². The van der Waals surface area contributed by atoms with E-state index in [0.29, 0.717) is 16.4 Å². The van der Waals surface area contributed by atoms with E-state index in [0.717, 1.165) is 11.3 Å². The zero-order chi connectivity index (χ0) is 18.8. The average Bonchev–Trinajstić information content (AvgIpc) is 3.32. The van der Waals surface area contributed by atoms with E-state index in [9.17, 15) is 4.79 Å². The first-order valence-electron chi connectivity index (χ1n) is 7.99. The zero-order valence-electron chi connectivity index (χ0n) is 14.1. The van der Waals surface area contributed by atoms with Crippen LogP contribution in [0.4, 0.5) is 5.69 Å². The molecule has 0 radical (unpaired) electrons. The minimum atomic E-state index is -0.540. The van der Waals surface area contributed by atoms with Gasteiger partial charge in [-0.05, 0) is 37.3 Å². The van der Waals surface area contributed by atoms with Gasteiger partial charge in [-0.25, -0.2) is 4.68 Å². The molecule has 0 bridgehead atoms. The fourth-order valence-electron chi connectivity index (χ4n) is 2.36. The molecule has 2 aromatic heterocycles. The van der Waals surface area contributed by atoms with Crippen molar-refractivity contribution in [3.05, 3.63) is 71.2 Å². The van der Waals surface area contributed by atoms with Crippen LogP contribution in [-0.4, -0.2) is 31.0 Å². The molecule has 4 rings (SSSR count). The van der Waals surface area contributed by atoms with Gasteiger partial charge in [-0.1, -0.05) is 45.7 Å². The summed E-state index contributed by atoms with van der Waals surface area (Å²) in [4.78, 5) is 16.3. The van der Waals surface area contributed by atoms with Gasteiger partial charge in [0.25, 0.3) is 0 Å². The summed E-state index contributed by atoms with van der Waals surface area (Å²) in [6.45, 7) is 2.01. The van der Waals surface area contributed by atoms with Crippen molar-refractivity contribution in [3.63, 3.8) is 0 Å². The van der Waals surface area contributed by atoms with Crippen LogP contribution in [0, 0.1) is 6.92 Å². The van der Waals surface area contributed by atoms with E-state index in [1.54, 1.807) is 35.1 Å². The van der Waals surface area contributed by atoms with Gasteiger partial charge in [0.1, 0.15) is 0 Å². The lowest BCUT2D eigenvalue weighted by atomic mass is 10.2. The highest BCUT2D eigenvalue weighted by molar-refractivity contribution is 6.30. The summed E-state index contributed by atoms with van der Waals surface area (Å²) in [5.74, 6) is -0.554. The summed E-state index contributed by atoms with van der Waals surface area (Å²) in [7, 11) is 0. The third-order valence-electron chi connectivity index (χ3n) is 3.72. The molecule has 134 valence electrons. The maximum Gasteiger partial charge on any atom is 0.316 e. The largest absolute Gasteiger partial charge is 0.328 e. The van der Waals surface area contributed by atoms with Crippen LogP contribution in [0.2, 0.25) is 5.02 Å². The Kier molecular flexibility index (Phi) is 4.39. The Morgan fingerprint density at radius 1 is 1.19 bits per heavy atom. The number of anilines is 1. The first-order chi connectivity index (χ1) is 13.1. The molecule has 2 aromatic carbocycles. The van der Waals surface area contributed by atoms with Gasteiger partial charge in [-0.3, -0.25) is 4.79 Å². The van der Waals surface area contributed by atoms with Gasteiger partial charge >= 0.3 is 11.8 Å². The maximum atomic E-state index is 12.2. The van der Waals surface area contributed by atoms with Crippen LogP contribution in [-0.2, 0) is 0 Å². The van der Waals surface area contributed by atoms with Crippen molar-refractivity contribution in [1.82, 2.24) is 25.1 Å². The van der Waals surface area contributed by atoms with Crippen LogP contribution >= 0.6 is 11.6 Å². The molecule has 0 aliphatic heterocycles. The van der Waals surface area contributed by atoms with E-state index in [4.69, 9.17) is 16.1 Å². The van der Waals surface area contributed by atoms with E-state index in [-0.39, 0.29) is 11.7 Å². The van der Waals surface area contributed by atoms with E-state index >= 15 is 0 Å². The number of hydrogen-bond acceptors (Lipinski definition) is 6. The highest BCUT2D eigenvalue weighted by Gasteiger charge is 2.18. The molecule has 0 spiro atoms. The summed E-state index contributed by atoms with van der Waals surface area (Å²) in [5, 5.41) is 15.0. The van der Waals surface area contributed by atoms with Crippen LogP contribution in [0.5, 0.6) is 0 Å². The third kappa shape index (κ3) is 3.70. The molecule has 0 aliphatic rings. The molecule has 0 aliphatic carbocycles. The Balaban J connectivity index is 1.52. The first-order valence-corrected chi connectivity index (χ1v) is 8.37. The van der Waals surface area contributed by atoms with E-state index in [1.807, 2.05) is 31.2 Å². The molecule has 0 unspecified atom stereocenters. The van der Waals surface area contributed by atoms with E-state index in [1.165, 1.54) is 0 Å². The Hall–Kier alpha value is -3.52. The Morgan fingerprint density at radius 2 is 2.00 bits per heavy atom. The lowest BCUT2D eigenvalue weighted by molar-refractivity contribution is 0.0981. The fraction of sp³-hybridized carbons (Fsp3) is 0.0556. The van der Waals surface area contributed by atoms with Gasteiger partial charge in [-0.15, -0.1) is 5.10 Å². The Bertz CT molecular complexity index is 1100. The van der Waals surface area contributed by atoms with Gasteiger partial charge in [0.05, 0.1) is 11.9 Å². The number of aromatic nitrogens is 5. The third-order valence-corrected chi connectivity index (χ3v) is 3.96. The molecule has 0 saturated carbocycles. The van der Waals surface area contributed by atoms with Crippen LogP contribution < -0.4 is 5.32 Å². The van der Waals surface area contributed by atoms with Gasteiger partial charge < -0.3 is 9.84 Å². The predicted octanol–water partition coefficient (Wildman–Crippen LogP) is 3.53. The molecule has 8 nitrogen and oxygen atoms in total. The van der Waals surface area contributed by atoms with Crippen molar-refractivity contribution in [2.75, 3.05) is 5.32 Å². The molecule has 0 atom stereocenters. The van der Waals surface area contributed by atoms with Crippen molar-refractivity contribution in [2.45, 2.75) is 6.92 Å². The van der Waals surface area contributed by atoms with Crippen LogP contribution in [0.1, 0.15) is 16.2 Å². The summed E-state index contributed by atoms with van der Waals surface area (Å²) in [6.07, 6.45) is 1.66. The lowest BCUT2D eigenvalue weighted by Crippen LogP contribution is -2.12. The molecule has 0 fully saturated rings. The first kappa shape index (κ1) is 16.9. The molecule has 1 amide bonds. The summed E-state index contributed by atoms with van der Waals surface area (Å²) < 4.78 is 6.62. The van der Waals surface area contributed by atoms with Crippen LogP contribution in [0.3, 0.4) is 0 Å².